The van der Waals surface area contributed by atoms with Gasteiger partial charge in [0.15, 0.2) is 0 Å². The minimum atomic E-state index is -3.59. The summed E-state index contributed by atoms with van der Waals surface area (Å²) in [5.74, 6) is 0.137. The van der Waals surface area contributed by atoms with Crippen LogP contribution in [-0.4, -0.2) is 54.9 Å². The number of piperidine rings is 1. The van der Waals surface area contributed by atoms with Crippen molar-refractivity contribution in [1.29, 1.82) is 0 Å². The molecule has 7 heteroatoms. The molecule has 0 aromatic heterocycles. The van der Waals surface area contributed by atoms with Crippen molar-refractivity contribution in [2.24, 2.45) is 0 Å². The zero-order chi connectivity index (χ0) is 26.0. The van der Waals surface area contributed by atoms with Crippen LogP contribution in [0, 0.1) is 0 Å². The Morgan fingerprint density at radius 2 is 1.64 bits per heavy atom. The number of rotatable bonds is 9. The summed E-state index contributed by atoms with van der Waals surface area (Å²) in [7, 11) is -3.59. The number of nitrogens with zero attached hydrogens (tertiary/aromatic N) is 2. The monoisotopic (exact) mass is 511 g/mol. The first-order chi connectivity index (χ1) is 17.1. The first-order valence-corrected chi connectivity index (χ1v) is 14.8. The van der Waals surface area contributed by atoms with E-state index in [1.807, 2.05) is 35.2 Å². The van der Waals surface area contributed by atoms with E-state index in [4.69, 9.17) is 0 Å². The lowest BCUT2D eigenvalue weighted by molar-refractivity contribution is -0.133. The molecule has 2 aliphatic rings. The van der Waals surface area contributed by atoms with Crippen LogP contribution in [0.15, 0.2) is 59.5 Å². The molecule has 1 unspecified atom stereocenters. The standard InChI is InChI=1S/C29H41N3O3S/c1-5-7-19-32-27(33)26(22-23-11-9-8-10-12-23)30-29(32)17-20-31(21-18-29)36(34,35)25-15-13-24(14-16-25)28(3,4)6-2/h8-16,26,30H,5-7,17-22H2,1-4H3. The average molecular weight is 512 g/mol. The Bertz CT molecular complexity index is 1140. The minimum absolute atomic E-state index is 0.0126. The molecule has 0 saturated carbocycles. The normalized spacial score (nSPS) is 20.8. The fourth-order valence-electron chi connectivity index (χ4n) is 5.43. The predicted octanol–water partition coefficient (Wildman–Crippen LogP) is 4.70. The van der Waals surface area contributed by atoms with E-state index >= 15 is 0 Å². The third kappa shape index (κ3) is 5.24. The highest BCUT2D eigenvalue weighted by Crippen LogP contribution is 2.36. The molecule has 1 N–H and O–H groups in total. The molecule has 2 saturated heterocycles. The fraction of sp³-hybridized carbons (Fsp3) is 0.552. The van der Waals surface area contributed by atoms with Crippen LogP contribution < -0.4 is 5.32 Å². The van der Waals surface area contributed by atoms with Crippen molar-refractivity contribution < 1.29 is 13.2 Å². The summed E-state index contributed by atoms with van der Waals surface area (Å²) in [5, 5.41) is 3.66. The first kappa shape index (κ1) is 26.8. The summed E-state index contributed by atoms with van der Waals surface area (Å²) in [4.78, 5) is 15.8. The van der Waals surface area contributed by atoms with Gasteiger partial charge in [-0.15, -0.1) is 0 Å². The van der Waals surface area contributed by atoms with Gasteiger partial charge in [0.25, 0.3) is 0 Å². The SMILES string of the molecule is CCCCN1C(=O)C(Cc2ccccc2)NC12CCN(S(=O)(=O)c1ccc(C(C)(C)CC)cc1)CC2. The smallest absolute Gasteiger partial charge is 0.243 e. The molecule has 0 aliphatic carbocycles. The number of benzene rings is 2. The minimum Gasteiger partial charge on any atom is -0.323 e. The van der Waals surface area contributed by atoms with E-state index in [0.29, 0.717) is 43.8 Å². The topological polar surface area (TPSA) is 69.7 Å². The number of sulfonamides is 1. The van der Waals surface area contributed by atoms with E-state index in [-0.39, 0.29) is 17.4 Å². The van der Waals surface area contributed by atoms with Crippen LogP contribution in [0.25, 0.3) is 0 Å². The molecular weight excluding hydrogens is 470 g/mol. The zero-order valence-corrected chi connectivity index (χ0v) is 23.0. The van der Waals surface area contributed by atoms with Crippen molar-refractivity contribution >= 4 is 15.9 Å². The Morgan fingerprint density at radius 3 is 2.22 bits per heavy atom. The summed E-state index contributed by atoms with van der Waals surface area (Å²) in [5.41, 5.74) is 1.81. The lowest BCUT2D eigenvalue weighted by Gasteiger charge is -2.44. The summed E-state index contributed by atoms with van der Waals surface area (Å²) < 4.78 is 28.5. The Kier molecular flexibility index (Phi) is 7.93. The van der Waals surface area contributed by atoms with Crippen molar-refractivity contribution in [3.63, 3.8) is 0 Å². The fourth-order valence-corrected chi connectivity index (χ4v) is 6.88. The molecule has 1 amide bonds. The van der Waals surface area contributed by atoms with Crippen LogP contribution in [0.1, 0.15) is 70.9 Å². The third-order valence-corrected chi connectivity index (χ3v) is 10.2. The van der Waals surface area contributed by atoms with Gasteiger partial charge in [0.1, 0.15) is 0 Å². The number of carbonyl (C=O) groups excluding carboxylic acids is 1. The first-order valence-electron chi connectivity index (χ1n) is 13.4. The summed E-state index contributed by atoms with van der Waals surface area (Å²) in [6, 6.07) is 17.2. The van der Waals surface area contributed by atoms with E-state index in [1.54, 1.807) is 16.4 Å². The van der Waals surface area contributed by atoms with Gasteiger partial charge in [-0.2, -0.15) is 4.31 Å². The van der Waals surface area contributed by atoms with Crippen LogP contribution in [0.4, 0.5) is 0 Å². The molecule has 6 nitrogen and oxygen atoms in total. The molecule has 1 spiro atoms. The number of hydrogen-bond donors (Lipinski definition) is 1. The Balaban J connectivity index is 1.49. The highest BCUT2D eigenvalue weighted by molar-refractivity contribution is 7.89. The van der Waals surface area contributed by atoms with Gasteiger partial charge < -0.3 is 4.90 Å². The van der Waals surface area contributed by atoms with E-state index in [2.05, 4.69) is 45.1 Å². The second kappa shape index (κ2) is 10.6. The molecule has 2 aliphatic heterocycles. The van der Waals surface area contributed by atoms with Crippen molar-refractivity contribution in [3.05, 3.63) is 65.7 Å². The van der Waals surface area contributed by atoms with E-state index in [0.717, 1.165) is 30.4 Å². The molecule has 0 radical (unpaired) electrons. The lowest BCUT2D eigenvalue weighted by Crippen LogP contribution is -2.59. The van der Waals surface area contributed by atoms with Gasteiger partial charge in [-0.3, -0.25) is 10.1 Å². The van der Waals surface area contributed by atoms with Crippen LogP contribution in [-0.2, 0) is 26.7 Å². The number of unbranched alkanes of at least 4 members (excludes halogenated alkanes) is 1. The van der Waals surface area contributed by atoms with E-state index < -0.39 is 15.7 Å². The maximum absolute atomic E-state index is 13.5. The second-order valence-corrected chi connectivity index (χ2v) is 12.9. The maximum Gasteiger partial charge on any atom is 0.243 e. The Morgan fingerprint density at radius 1 is 1.00 bits per heavy atom. The second-order valence-electron chi connectivity index (χ2n) is 10.9. The Labute approximate surface area is 217 Å². The molecular formula is C29H41N3O3S. The molecule has 1 atom stereocenters. The molecule has 36 heavy (non-hydrogen) atoms. The summed E-state index contributed by atoms with van der Waals surface area (Å²) >= 11 is 0. The van der Waals surface area contributed by atoms with Gasteiger partial charge in [0.05, 0.1) is 16.6 Å². The number of carbonyl (C=O) groups is 1. The van der Waals surface area contributed by atoms with Gasteiger partial charge in [-0.1, -0.05) is 76.6 Å². The highest BCUT2D eigenvalue weighted by atomic mass is 32.2. The number of nitrogens with one attached hydrogen (secondary N) is 1. The van der Waals surface area contributed by atoms with Crippen LogP contribution in [0.3, 0.4) is 0 Å². The Hall–Kier alpha value is -2.22. The van der Waals surface area contributed by atoms with Crippen molar-refractivity contribution in [2.45, 2.75) is 88.2 Å². The maximum atomic E-state index is 13.5. The van der Waals surface area contributed by atoms with Crippen LogP contribution in [0.5, 0.6) is 0 Å². The summed E-state index contributed by atoms with van der Waals surface area (Å²) in [6.07, 6.45) is 4.76. The zero-order valence-electron chi connectivity index (χ0n) is 22.2. The third-order valence-electron chi connectivity index (χ3n) is 8.25. The molecule has 2 heterocycles. The molecule has 0 bridgehead atoms. The lowest BCUT2D eigenvalue weighted by atomic mass is 9.82. The summed E-state index contributed by atoms with van der Waals surface area (Å²) in [6.45, 7) is 10.1. The van der Waals surface area contributed by atoms with Crippen molar-refractivity contribution in [2.75, 3.05) is 19.6 Å². The molecule has 2 fully saturated rings. The van der Waals surface area contributed by atoms with E-state index in [9.17, 15) is 13.2 Å². The van der Waals surface area contributed by atoms with Crippen molar-refractivity contribution in [1.82, 2.24) is 14.5 Å². The molecule has 4 rings (SSSR count). The average Bonchev–Trinajstić information content (AvgIpc) is 3.13. The predicted molar refractivity (Wildman–Crippen MR) is 144 cm³/mol. The van der Waals surface area contributed by atoms with Gasteiger partial charge in [0.2, 0.25) is 15.9 Å². The van der Waals surface area contributed by atoms with E-state index in [1.165, 1.54) is 0 Å². The number of amides is 1. The van der Waals surface area contributed by atoms with Crippen LogP contribution >= 0.6 is 0 Å². The largest absolute Gasteiger partial charge is 0.323 e. The van der Waals surface area contributed by atoms with Gasteiger partial charge in [-0.25, -0.2) is 8.42 Å². The van der Waals surface area contributed by atoms with Crippen LogP contribution in [0.2, 0.25) is 0 Å². The molecule has 2 aromatic rings. The highest BCUT2D eigenvalue weighted by Gasteiger charge is 2.52. The van der Waals surface area contributed by atoms with Crippen molar-refractivity contribution in [3.8, 4) is 0 Å². The van der Waals surface area contributed by atoms with Gasteiger partial charge in [-0.05, 0) is 60.8 Å². The van der Waals surface area contributed by atoms with Gasteiger partial charge >= 0.3 is 0 Å². The molecule has 196 valence electrons. The quantitative estimate of drug-likeness (QED) is 0.530. The molecule has 2 aromatic carbocycles. The number of hydrogen-bond acceptors (Lipinski definition) is 4. The van der Waals surface area contributed by atoms with Gasteiger partial charge in [0, 0.05) is 19.6 Å².